The molecule has 0 radical (unpaired) electrons. The summed E-state index contributed by atoms with van der Waals surface area (Å²) in [7, 11) is 0. The molecule has 2 nitrogen and oxygen atoms in total. The molecule has 1 aliphatic carbocycles. The van der Waals surface area contributed by atoms with Crippen LogP contribution in [0.2, 0.25) is 0 Å². The Hall–Kier alpha value is -1.16. The van der Waals surface area contributed by atoms with Gasteiger partial charge in [0.25, 0.3) is 0 Å². The second-order valence-electron chi connectivity index (χ2n) is 4.07. The van der Waals surface area contributed by atoms with Gasteiger partial charge in [0.05, 0.1) is 5.69 Å². The highest BCUT2D eigenvalue weighted by atomic mass is 79.9. The van der Waals surface area contributed by atoms with Crippen LogP contribution in [0.1, 0.15) is 19.3 Å². The van der Waals surface area contributed by atoms with Gasteiger partial charge >= 0.3 is 0 Å². The van der Waals surface area contributed by atoms with Crippen molar-refractivity contribution in [3.05, 3.63) is 40.6 Å². The second-order valence-corrected chi connectivity index (χ2v) is 4.92. The van der Waals surface area contributed by atoms with Crippen molar-refractivity contribution in [3.8, 4) is 0 Å². The van der Waals surface area contributed by atoms with Crippen molar-refractivity contribution < 1.29 is 9.18 Å². The summed E-state index contributed by atoms with van der Waals surface area (Å²) in [5.74, 6) is -0.578. The number of rotatable bonds is 2. The van der Waals surface area contributed by atoms with Crippen molar-refractivity contribution in [2.45, 2.75) is 19.3 Å². The van der Waals surface area contributed by atoms with Crippen LogP contribution in [-0.4, -0.2) is 5.91 Å². The predicted octanol–water partition coefficient (Wildman–Crippen LogP) is 3.88. The maximum absolute atomic E-state index is 13.5. The van der Waals surface area contributed by atoms with E-state index in [4.69, 9.17) is 0 Å². The lowest BCUT2D eigenvalue weighted by Gasteiger charge is -2.18. The largest absolute Gasteiger partial charge is 0.322 e. The Kier molecular flexibility index (Phi) is 3.94. The number of nitrogens with one attached hydrogen (secondary N) is 1. The summed E-state index contributed by atoms with van der Waals surface area (Å²) in [6.45, 7) is 0. The number of benzene rings is 1. The van der Waals surface area contributed by atoms with Gasteiger partial charge < -0.3 is 5.32 Å². The summed E-state index contributed by atoms with van der Waals surface area (Å²) in [5, 5.41) is 2.65. The summed E-state index contributed by atoms with van der Waals surface area (Å²) in [6, 6.07) is 4.64. The van der Waals surface area contributed by atoms with Gasteiger partial charge in [0.1, 0.15) is 5.82 Å². The van der Waals surface area contributed by atoms with Crippen LogP contribution in [0.5, 0.6) is 0 Å². The molecule has 0 fully saturated rings. The smallest absolute Gasteiger partial charge is 0.227 e. The molecule has 0 saturated carbocycles. The minimum absolute atomic E-state index is 0.0495. The van der Waals surface area contributed by atoms with Crippen molar-refractivity contribution >= 4 is 27.5 Å². The van der Waals surface area contributed by atoms with Crippen molar-refractivity contribution in [1.29, 1.82) is 0 Å². The molecule has 0 saturated heterocycles. The number of amides is 1. The van der Waals surface area contributed by atoms with E-state index in [1.807, 2.05) is 6.08 Å². The van der Waals surface area contributed by atoms with Crippen LogP contribution in [-0.2, 0) is 4.79 Å². The van der Waals surface area contributed by atoms with Crippen LogP contribution in [0.3, 0.4) is 0 Å². The molecule has 1 unspecified atom stereocenters. The maximum Gasteiger partial charge on any atom is 0.227 e. The van der Waals surface area contributed by atoms with Gasteiger partial charge in [-0.25, -0.2) is 4.39 Å². The quantitative estimate of drug-likeness (QED) is 0.825. The third-order valence-corrected chi connectivity index (χ3v) is 3.51. The van der Waals surface area contributed by atoms with Crippen LogP contribution in [0.25, 0.3) is 0 Å². The van der Waals surface area contributed by atoms with E-state index in [-0.39, 0.29) is 17.5 Å². The molecule has 2 rings (SSSR count). The number of carbonyl (C=O) groups is 1. The SMILES string of the molecule is O=C(Nc1c(F)cccc1Br)C1CC=CCC1. The molecule has 17 heavy (non-hydrogen) atoms. The van der Waals surface area contributed by atoms with Crippen molar-refractivity contribution in [2.75, 3.05) is 5.32 Å². The molecule has 0 spiro atoms. The molecule has 0 heterocycles. The van der Waals surface area contributed by atoms with Crippen LogP contribution in [0.4, 0.5) is 10.1 Å². The Labute approximate surface area is 108 Å². The number of para-hydroxylation sites is 1. The lowest BCUT2D eigenvalue weighted by Crippen LogP contribution is -2.24. The topological polar surface area (TPSA) is 29.1 Å². The van der Waals surface area contributed by atoms with E-state index in [0.29, 0.717) is 4.47 Å². The highest BCUT2D eigenvalue weighted by Crippen LogP contribution is 2.27. The summed E-state index contributed by atoms with van der Waals surface area (Å²) in [4.78, 5) is 11.9. The maximum atomic E-state index is 13.5. The number of halogens is 2. The first kappa shape index (κ1) is 12.3. The van der Waals surface area contributed by atoms with Crippen LogP contribution < -0.4 is 5.32 Å². The summed E-state index contributed by atoms with van der Waals surface area (Å²) >= 11 is 3.23. The Bertz CT molecular complexity index is 438. The van der Waals surface area contributed by atoms with Gasteiger partial charge in [0.2, 0.25) is 5.91 Å². The Morgan fingerprint density at radius 1 is 1.41 bits per heavy atom. The Morgan fingerprint density at radius 2 is 2.24 bits per heavy atom. The zero-order valence-electron chi connectivity index (χ0n) is 9.25. The molecule has 0 aromatic heterocycles. The van der Waals surface area contributed by atoms with Crippen LogP contribution >= 0.6 is 15.9 Å². The Balaban J connectivity index is 2.10. The van der Waals surface area contributed by atoms with E-state index < -0.39 is 5.82 Å². The molecular formula is C13H13BrFNO. The minimum Gasteiger partial charge on any atom is -0.322 e. The average molecular weight is 298 g/mol. The fraction of sp³-hybridized carbons (Fsp3) is 0.308. The normalized spacial score (nSPS) is 19.1. The van der Waals surface area contributed by atoms with E-state index in [9.17, 15) is 9.18 Å². The fourth-order valence-electron chi connectivity index (χ4n) is 1.87. The summed E-state index contributed by atoms with van der Waals surface area (Å²) in [5.41, 5.74) is 0.229. The van der Waals surface area contributed by atoms with E-state index in [2.05, 4.69) is 27.3 Å². The first-order chi connectivity index (χ1) is 8.18. The molecule has 0 bridgehead atoms. The van der Waals surface area contributed by atoms with Crippen molar-refractivity contribution in [2.24, 2.45) is 5.92 Å². The molecule has 1 N–H and O–H groups in total. The van der Waals surface area contributed by atoms with Crippen molar-refractivity contribution in [3.63, 3.8) is 0 Å². The van der Waals surface area contributed by atoms with Gasteiger partial charge in [-0.3, -0.25) is 4.79 Å². The van der Waals surface area contributed by atoms with E-state index in [1.165, 1.54) is 6.07 Å². The zero-order valence-corrected chi connectivity index (χ0v) is 10.8. The first-order valence-corrected chi connectivity index (χ1v) is 6.37. The molecule has 1 aromatic carbocycles. The number of carbonyl (C=O) groups excluding carboxylic acids is 1. The Morgan fingerprint density at radius 3 is 2.88 bits per heavy atom. The third kappa shape index (κ3) is 2.94. The monoisotopic (exact) mass is 297 g/mol. The predicted molar refractivity (Wildman–Crippen MR) is 69.2 cm³/mol. The van der Waals surface area contributed by atoms with Crippen LogP contribution in [0.15, 0.2) is 34.8 Å². The summed E-state index contributed by atoms with van der Waals surface area (Å²) < 4.78 is 14.1. The van der Waals surface area contributed by atoms with Gasteiger partial charge in [0, 0.05) is 10.4 Å². The highest BCUT2D eigenvalue weighted by Gasteiger charge is 2.20. The van der Waals surface area contributed by atoms with E-state index in [0.717, 1.165) is 19.3 Å². The second kappa shape index (κ2) is 5.45. The zero-order chi connectivity index (χ0) is 12.3. The highest BCUT2D eigenvalue weighted by molar-refractivity contribution is 9.10. The van der Waals surface area contributed by atoms with Gasteiger partial charge in [-0.15, -0.1) is 0 Å². The van der Waals surface area contributed by atoms with Gasteiger partial charge in [-0.1, -0.05) is 18.2 Å². The first-order valence-electron chi connectivity index (χ1n) is 5.58. The van der Waals surface area contributed by atoms with Gasteiger partial charge in [-0.05, 0) is 47.3 Å². The number of hydrogen-bond acceptors (Lipinski definition) is 1. The molecule has 4 heteroatoms. The van der Waals surface area contributed by atoms with Crippen LogP contribution in [0, 0.1) is 11.7 Å². The van der Waals surface area contributed by atoms with E-state index >= 15 is 0 Å². The standard InChI is InChI=1S/C13H13BrFNO/c14-10-7-4-8-11(15)12(10)16-13(17)9-5-2-1-3-6-9/h1-2,4,7-9H,3,5-6H2,(H,16,17). The number of hydrogen-bond donors (Lipinski definition) is 1. The van der Waals surface area contributed by atoms with Crippen molar-refractivity contribution in [1.82, 2.24) is 0 Å². The van der Waals surface area contributed by atoms with E-state index in [1.54, 1.807) is 12.1 Å². The number of anilines is 1. The number of allylic oxidation sites excluding steroid dienone is 2. The lowest BCUT2D eigenvalue weighted by molar-refractivity contribution is -0.120. The van der Waals surface area contributed by atoms with Gasteiger partial charge in [-0.2, -0.15) is 0 Å². The fourth-order valence-corrected chi connectivity index (χ4v) is 2.32. The third-order valence-electron chi connectivity index (χ3n) is 2.85. The molecule has 90 valence electrons. The average Bonchev–Trinajstić information content (AvgIpc) is 2.35. The molecule has 1 aromatic rings. The van der Waals surface area contributed by atoms with Gasteiger partial charge in [0.15, 0.2) is 0 Å². The molecular weight excluding hydrogens is 285 g/mol. The molecule has 0 aliphatic heterocycles. The molecule has 1 aliphatic rings. The lowest BCUT2D eigenvalue weighted by atomic mass is 9.93. The molecule has 1 atom stereocenters. The molecule has 1 amide bonds. The summed E-state index contributed by atoms with van der Waals surface area (Å²) in [6.07, 6.45) is 6.55. The minimum atomic E-state index is -0.418.